The van der Waals surface area contributed by atoms with Gasteiger partial charge in [0.25, 0.3) is 11.8 Å². The summed E-state index contributed by atoms with van der Waals surface area (Å²) in [7, 11) is 0. The Morgan fingerprint density at radius 3 is 1.70 bits per heavy atom. The predicted octanol–water partition coefficient (Wildman–Crippen LogP) is 5.10. The number of hydrogen-bond donors (Lipinski definition) is 1. The van der Waals surface area contributed by atoms with E-state index >= 15 is 0 Å². The first-order chi connectivity index (χ1) is 14.5. The minimum absolute atomic E-state index is 0.119. The Hall–Kier alpha value is -2.17. The monoisotopic (exact) mass is 412 g/mol. The number of benzene rings is 1. The zero-order chi connectivity index (χ0) is 21.5. The molecule has 0 bridgehead atoms. The molecule has 1 unspecified atom stereocenters. The van der Waals surface area contributed by atoms with Crippen molar-refractivity contribution in [1.82, 2.24) is 10.2 Å². The van der Waals surface area contributed by atoms with E-state index in [4.69, 9.17) is 0 Å². The maximum absolute atomic E-state index is 13.3. The third-order valence-electron chi connectivity index (χ3n) is 6.46. The molecule has 1 fully saturated rings. The van der Waals surface area contributed by atoms with Gasteiger partial charge in [0.05, 0.1) is 11.1 Å². The summed E-state index contributed by atoms with van der Waals surface area (Å²) in [6.07, 6.45) is 13.1. The fourth-order valence-electron chi connectivity index (χ4n) is 4.77. The summed E-state index contributed by atoms with van der Waals surface area (Å²) in [6.45, 7) is 3.80. The van der Waals surface area contributed by atoms with Crippen molar-refractivity contribution in [3.05, 3.63) is 35.4 Å². The van der Waals surface area contributed by atoms with Gasteiger partial charge >= 0.3 is 0 Å². The van der Waals surface area contributed by atoms with Crippen molar-refractivity contribution in [2.24, 2.45) is 5.92 Å². The number of nitrogens with one attached hydrogen (secondary N) is 1. The first-order valence-electron chi connectivity index (χ1n) is 11.8. The molecule has 3 amide bonds. The lowest BCUT2D eigenvalue weighted by molar-refractivity contribution is -0.127. The highest BCUT2D eigenvalue weighted by Gasteiger charge is 2.44. The molecule has 1 N–H and O–H groups in total. The average molecular weight is 413 g/mol. The number of carbonyl (C=O) groups excluding carboxylic acids is 3. The third-order valence-corrected chi connectivity index (χ3v) is 6.46. The highest BCUT2D eigenvalue weighted by molar-refractivity contribution is 6.22. The van der Waals surface area contributed by atoms with E-state index in [1.807, 2.05) is 13.8 Å². The third kappa shape index (κ3) is 5.30. The Morgan fingerprint density at radius 1 is 0.833 bits per heavy atom. The van der Waals surface area contributed by atoms with Gasteiger partial charge in [0, 0.05) is 6.04 Å². The number of nitrogens with zero attached hydrogens (tertiary/aromatic N) is 1. The molecule has 2 aliphatic rings. The van der Waals surface area contributed by atoms with Gasteiger partial charge in [0.15, 0.2) is 0 Å². The van der Waals surface area contributed by atoms with E-state index in [0.29, 0.717) is 11.1 Å². The van der Waals surface area contributed by atoms with Gasteiger partial charge in [0.2, 0.25) is 5.91 Å². The van der Waals surface area contributed by atoms with Gasteiger partial charge < -0.3 is 5.32 Å². The van der Waals surface area contributed by atoms with Crippen molar-refractivity contribution in [1.29, 1.82) is 0 Å². The van der Waals surface area contributed by atoms with Crippen molar-refractivity contribution in [3.63, 3.8) is 0 Å². The number of fused-ring (bicyclic) bond motifs is 1. The lowest BCUT2D eigenvalue weighted by Crippen LogP contribution is -2.54. The minimum Gasteiger partial charge on any atom is -0.352 e. The maximum atomic E-state index is 13.3. The topological polar surface area (TPSA) is 66.5 Å². The number of carbonyl (C=O) groups is 3. The molecule has 1 aliphatic heterocycles. The molecular formula is C25H36N2O3. The van der Waals surface area contributed by atoms with Crippen LogP contribution in [0.5, 0.6) is 0 Å². The highest BCUT2D eigenvalue weighted by Crippen LogP contribution is 2.27. The van der Waals surface area contributed by atoms with E-state index < -0.39 is 6.04 Å². The van der Waals surface area contributed by atoms with Gasteiger partial charge in [-0.3, -0.25) is 19.3 Å². The quantitative estimate of drug-likeness (QED) is 0.700. The number of amides is 3. The van der Waals surface area contributed by atoms with E-state index in [1.165, 1.54) is 49.8 Å². The van der Waals surface area contributed by atoms with Gasteiger partial charge in [-0.1, -0.05) is 83.8 Å². The highest BCUT2D eigenvalue weighted by atomic mass is 16.2. The zero-order valence-corrected chi connectivity index (χ0v) is 18.5. The van der Waals surface area contributed by atoms with Crippen LogP contribution in [0.15, 0.2) is 24.3 Å². The van der Waals surface area contributed by atoms with Crippen molar-refractivity contribution in [2.75, 3.05) is 0 Å². The second kappa shape index (κ2) is 10.7. The molecule has 0 saturated heterocycles. The Labute approximate surface area is 180 Å². The van der Waals surface area contributed by atoms with Crippen LogP contribution in [0.2, 0.25) is 0 Å². The molecule has 1 aromatic rings. The maximum Gasteiger partial charge on any atom is 0.262 e. The van der Waals surface area contributed by atoms with Crippen LogP contribution in [-0.2, 0) is 4.79 Å². The van der Waals surface area contributed by atoms with Crippen LogP contribution in [-0.4, -0.2) is 34.7 Å². The number of rotatable bonds is 4. The van der Waals surface area contributed by atoms with Crippen molar-refractivity contribution in [2.45, 2.75) is 96.6 Å². The second-order valence-electron chi connectivity index (χ2n) is 9.18. The summed E-state index contributed by atoms with van der Waals surface area (Å²) < 4.78 is 0. The zero-order valence-electron chi connectivity index (χ0n) is 18.5. The lowest BCUT2D eigenvalue weighted by atomic mass is 9.96. The summed E-state index contributed by atoms with van der Waals surface area (Å²) in [4.78, 5) is 40.3. The van der Waals surface area contributed by atoms with Crippen LogP contribution in [0.1, 0.15) is 105 Å². The molecule has 1 saturated carbocycles. The first-order valence-corrected chi connectivity index (χ1v) is 11.8. The van der Waals surface area contributed by atoms with Crippen molar-refractivity contribution < 1.29 is 14.4 Å². The Bertz CT molecular complexity index is 712. The SMILES string of the molecule is CC(C)C(C(=O)NC1CCCCCCCCCCC1)N1C(=O)c2ccccc2C1=O. The first kappa shape index (κ1) is 22.5. The minimum atomic E-state index is -0.779. The molecule has 0 spiro atoms. The fourth-order valence-corrected chi connectivity index (χ4v) is 4.77. The molecule has 164 valence electrons. The summed E-state index contributed by atoms with van der Waals surface area (Å²) in [5.74, 6) is -1.07. The van der Waals surface area contributed by atoms with Gasteiger partial charge in [-0.2, -0.15) is 0 Å². The summed E-state index contributed by atoms with van der Waals surface area (Å²) in [6, 6.07) is 6.17. The molecule has 0 radical (unpaired) electrons. The van der Waals surface area contributed by atoms with E-state index in [9.17, 15) is 14.4 Å². The van der Waals surface area contributed by atoms with Crippen molar-refractivity contribution >= 4 is 17.7 Å². The summed E-state index contributed by atoms with van der Waals surface area (Å²) in [5, 5.41) is 3.21. The molecule has 3 rings (SSSR count). The average Bonchev–Trinajstić information content (AvgIpc) is 2.95. The molecule has 1 heterocycles. The molecule has 1 aliphatic carbocycles. The Balaban J connectivity index is 1.70. The molecular weight excluding hydrogens is 376 g/mol. The molecule has 1 aromatic carbocycles. The van der Waals surface area contributed by atoms with Crippen LogP contribution in [0, 0.1) is 5.92 Å². The molecule has 0 aromatic heterocycles. The fraction of sp³-hybridized carbons (Fsp3) is 0.640. The molecule has 1 atom stereocenters. The van der Waals surface area contributed by atoms with Gasteiger partial charge in [-0.25, -0.2) is 0 Å². The van der Waals surface area contributed by atoms with E-state index in [-0.39, 0.29) is 29.7 Å². The molecule has 5 heteroatoms. The predicted molar refractivity (Wildman–Crippen MR) is 118 cm³/mol. The van der Waals surface area contributed by atoms with Gasteiger partial charge in [-0.15, -0.1) is 0 Å². The Kier molecular flexibility index (Phi) is 8.06. The standard InChI is InChI=1S/C25H36N2O3/c1-18(2)22(27-24(29)20-16-12-13-17-21(20)25(27)30)23(28)26-19-14-10-8-6-4-3-5-7-9-11-15-19/h12-13,16-19,22H,3-11,14-15H2,1-2H3,(H,26,28). The summed E-state index contributed by atoms with van der Waals surface area (Å²) >= 11 is 0. The number of hydrogen-bond acceptors (Lipinski definition) is 3. The van der Waals surface area contributed by atoms with E-state index in [1.54, 1.807) is 24.3 Å². The molecule has 30 heavy (non-hydrogen) atoms. The number of imide groups is 1. The van der Waals surface area contributed by atoms with Gasteiger partial charge in [-0.05, 0) is 30.9 Å². The van der Waals surface area contributed by atoms with Crippen molar-refractivity contribution in [3.8, 4) is 0 Å². The second-order valence-corrected chi connectivity index (χ2v) is 9.18. The van der Waals surface area contributed by atoms with E-state index in [0.717, 1.165) is 25.7 Å². The van der Waals surface area contributed by atoms with Crippen LogP contribution in [0.3, 0.4) is 0 Å². The molecule has 5 nitrogen and oxygen atoms in total. The van der Waals surface area contributed by atoms with Crippen LogP contribution >= 0.6 is 0 Å². The van der Waals surface area contributed by atoms with Crippen LogP contribution < -0.4 is 5.32 Å². The van der Waals surface area contributed by atoms with Gasteiger partial charge in [0.1, 0.15) is 6.04 Å². The smallest absolute Gasteiger partial charge is 0.262 e. The normalized spacial score (nSPS) is 20.4. The Morgan fingerprint density at radius 2 is 1.27 bits per heavy atom. The largest absolute Gasteiger partial charge is 0.352 e. The van der Waals surface area contributed by atoms with Crippen LogP contribution in [0.25, 0.3) is 0 Å². The van der Waals surface area contributed by atoms with Crippen LogP contribution in [0.4, 0.5) is 0 Å². The lowest BCUT2D eigenvalue weighted by Gasteiger charge is -2.30. The van der Waals surface area contributed by atoms with E-state index in [2.05, 4.69) is 5.32 Å². The summed E-state index contributed by atoms with van der Waals surface area (Å²) in [5.41, 5.74) is 0.791.